The van der Waals surface area contributed by atoms with E-state index in [4.69, 9.17) is 4.98 Å². The quantitative estimate of drug-likeness (QED) is 0.571. The van der Waals surface area contributed by atoms with Gasteiger partial charge >= 0.3 is 0 Å². The molecule has 4 heteroatoms. The average Bonchev–Trinajstić information content (AvgIpc) is 2.67. The molecule has 0 bridgehead atoms. The number of rotatable bonds is 7. The molecular formula is C23H26N2OS. The standard InChI is InChI=1S/C23H26N2OS/c1-4-17-9-11-18(12-10-17)27-22-15-20(23(26)24-14-13-16(2)3)19-7-5-6-8-21(19)25-22/h5-12,15-16H,4,13-14H2,1-3H3,(H,24,26). The van der Waals surface area contributed by atoms with Crippen LogP contribution in [0.4, 0.5) is 0 Å². The number of para-hydroxylation sites is 1. The van der Waals surface area contributed by atoms with Gasteiger partial charge in [-0.15, -0.1) is 0 Å². The van der Waals surface area contributed by atoms with E-state index in [9.17, 15) is 4.79 Å². The lowest BCUT2D eigenvalue weighted by Crippen LogP contribution is -2.25. The van der Waals surface area contributed by atoms with Crippen molar-refractivity contribution in [2.45, 2.75) is 43.5 Å². The first-order valence-electron chi connectivity index (χ1n) is 9.51. The molecule has 27 heavy (non-hydrogen) atoms. The fourth-order valence-electron chi connectivity index (χ4n) is 2.87. The fourth-order valence-corrected chi connectivity index (χ4v) is 3.71. The Morgan fingerprint density at radius 3 is 2.56 bits per heavy atom. The second-order valence-electron chi connectivity index (χ2n) is 7.06. The second kappa shape index (κ2) is 9.05. The number of pyridine rings is 1. The number of carbonyl (C=O) groups excluding carboxylic acids is 1. The molecule has 3 rings (SSSR count). The Morgan fingerprint density at radius 2 is 1.85 bits per heavy atom. The molecule has 1 amide bonds. The van der Waals surface area contributed by atoms with Crippen LogP contribution in [0.5, 0.6) is 0 Å². The summed E-state index contributed by atoms with van der Waals surface area (Å²) < 4.78 is 0. The maximum absolute atomic E-state index is 12.8. The molecular weight excluding hydrogens is 352 g/mol. The zero-order chi connectivity index (χ0) is 19.2. The Hall–Kier alpha value is -2.33. The van der Waals surface area contributed by atoms with Gasteiger partial charge in [-0.3, -0.25) is 4.79 Å². The Morgan fingerprint density at radius 1 is 1.11 bits per heavy atom. The molecule has 0 radical (unpaired) electrons. The summed E-state index contributed by atoms with van der Waals surface area (Å²) in [5, 5.41) is 4.79. The molecule has 3 aromatic rings. The summed E-state index contributed by atoms with van der Waals surface area (Å²) in [4.78, 5) is 18.7. The number of aromatic nitrogens is 1. The lowest BCUT2D eigenvalue weighted by molar-refractivity contribution is 0.0953. The minimum absolute atomic E-state index is 0.0302. The van der Waals surface area contributed by atoms with E-state index in [1.807, 2.05) is 30.3 Å². The first kappa shape index (κ1) is 19.4. The first-order valence-corrected chi connectivity index (χ1v) is 10.3. The van der Waals surface area contributed by atoms with Gasteiger partial charge < -0.3 is 5.32 Å². The number of carbonyl (C=O) groups is 1. The van der Waals surface area contributed by atoms with Crippen LogP contribution in [-0.4, -0.2) is 17.4 Å². The number of hydrogen-bond donors (Lipinski definition) is 1. The fraction of sp³-hybridized carbons (Fsp3) is 0.304. The molecule has 0 fully saturated rings. The highest BCUT2D eigenvalue weighted by atomic mass is 32.2. The van der Waals surface area contributed by atoms with Gasteiger partial charge in [-0.05, 0) is 48.6 Å². The van der Waals surface area contributed by atoms with Crippen molar-refractivity contribution in [1.29, 1.82) is 0 Å². The highest BCUT2D eigenvalue weighted by Gasteiger charge is 2.13. The van der Waals surface area contributed by atoms with Crippen LogP contribution in [0, 0.1) is 5.92 Å². The summed E-state index contributed by atoms with van der Waals surface area (Å²) in [6.07, 6.45) is 2.00. The monoisotopic (exact) mass is 378 g/mol. The van der Waals surface area contributed by atoms with Crippen LogP contribution >= 0.6 is 11.8 Å². The van der Waals surface area contributed by atoms with Crippen LogP contribution in [0.15, 0.2) is 64.5 Å². The van der Waals surface area contributed by atoms with E-state index in [1.54, 1.807) is 11.8 Å². The highest BCUT2D eigenvalue weighted by molar-refractivity contribution is 7.99. The van der Waals surface area contributed by atoms with E-state index in [0.29, 0.717) is 18.0 Å². The van der Waals surface area contributed by atoms with Crippen molar-refractivity contribution in [1.82, 2.24) is 10.3 Å². The zero-order valence-electron chi connectivity index (χ0n) is 16.2. The zero-order valence-corrected chi connectivity index (χ0v) is 17.0. The highest BCUT2D eigenvalue weighted by Crippen LogP contribution is 2.30. The van der Waals surface area contributed by atoms with E-state index in [-0.39, 0.29) is 5.91 Å². The molecule has 0 atom stereocenters. The predicted octanol–water partition coefficient (Wildman–Crippen LogP) is 5.72. The number of nitrogens with zero attached hydrogens (tertiary/aromatic N) is 1. The van der Waals surface area contributed by atoms with Gasteiger partial charge in [0.1, 0.15) is 5.03 Å². The number of nitrogens with one attached hydrogen (secondary N) is 1. The van der Waals surface area contributed by atoms with Gasteiger partial charge in [0.05, 0.1) is 11.1 Å². The van der Waals surface area contributed by atoms with Crippen molar-refractivity contribution in [3.63, 3.8) is 0 Å². The predicted molar refractivity (Wildman–Crippen MR) is 113 cm³/mol. The number of fused-ring (bicyclic) bond motifs is 1. The molecule has 0 spiro atoms. The molecule has 1 aromatic heterocycles. The van der Waals surface area contributed by atoms with Gasteiger partial charge in [-0.2, -0.15) is 0 Å². The third-order valence-corrected chi connectivity index (χ3v) is 5.42. The van der Waals surface area contributed by atoms with Crippen LogP contribution in [0.3, 0.4) is 0 Å². The van der Waals surface area contributed by atoms with Crippen LogP contribution in [-0.2, 0) is 6.42 Å². The van der Waals surface area contributed by atoms with Gasteiger partial charge in [0, 0.05) is 16.8 Å². The largest absolute Gasteiger partial charge is 0.352 e. The van der Waals surface area contributed by atoms with Crippen molar-refractivity contribution in [2.75, 3.05) is 6.54 Å². The van der Waals surface area contributed by atoms with E-state index >= 15 is 0 Å². The number of amides is 1. The van der Waals surface area contributed by atoms with Crippen molar-refractivity contribution >= 4 is 28.6 Å². The molecule has 0 aliphatic rings. The third kappa shape index (κ3) is 5.10. The average molecular weight is 379 g/mol. The van der Waals surface area contributed by atoms with Crippen LogP contribution in [0.1, 0.15) is 43.1 Å². The van der Waals surface area contributed by atoms with Gasteiger partial charge in [0.2, 0.25) is 0 Å². The SMILES string of the molecule is CCc1ccc(Sc2cc(C(=O)NCCC(C)C)c3ccccc3n2)cc1. The summed E-state index contributed by atoms with van der Waals surface area (Å²) in [6.45, 7) is 7.16. The van der Waals surface area contributed by atoms with E-state index in [1.165, 1.54) is 5.56 Å². The summed E-state index contributed by atoms with van der Waals surface area (Å²) in [7, 11) is 0. The summed E-state index contributed by atoms with van der Waals surface area (Å²) in [5.74, 6) is 0.536. The van der Waals surface area contributed by atoms with Crippen molar-refractivity contribution in [2.24, 2.45) is 5.92 Å². The molecule has 1 N–H and O–H groups in total. The number of benzene rings is 2. The molecule has 3 nitrogen and oxygen atoms in total. The molecule has 2 aromatic carbocycles. The molecule has 0 aliphatic carbocycles. The van der Waals surface area contributed by atoms with E-state index in [2.05, 4.69) is 50.4 Å². The van der Waals surface area contributed by atoms with Crippen molar-refractivity contribution in [3.8, 4) is 0 Å². The lowest BCUT2D eigenvalue weighted by atomic mass is 10.1. The van der Waals surface area contributed by atoms with Crippen molar-refractivity contribution < 1.29 is 4.79 Å². The Kier molecular flexibility index (Phi) is 6.51. The third-order valence-electron chi connectivity index (χ3n) is 4.50. The summed E-state index contributed by atoms with van der Waals surface area (Å²) in [6, 6.07) is 18.3. The normalized spacial score (nSPS) is 11.1. The van der Waals surface area contributed by atoms with Crippen LogP contribution < -0.4 is 5.32 Å². The topological polar surface area (TPSA) is 42.0 Å². The van der Waals surface area contributed by atoms with Gasteiger partial charge in [0.25, 0.3) is 5.91 Å². The molecule has 1 heterocycles. The summed E-state index contributed by atoms with van der Waals surface area (Å²) in [5.41, 5.74) is 2.86. The smallest absolute Gasteiger partial charge is 0.252 e. The first-order chi connectivity index (χ1) is 13.1. The van der Waals surface area contributed by atoms with E-state index in [0.717, 1.165) is 33.7 Å². The Labute approximate surface area is 165 Å². The molecule has 140 valence electrons. The number of hydrogen-bond acceptors (Lipinski definition) is 3. The minimum Gasteiger partial charge on any atom is -0.352 e. The van der Waals surface area contributed by atoms with Gasteiger partial charge in [-0.25, -0.2) is 4.98 Å². The maximum Gasteiger partial charge on any atom is 0.252 e. The second-order valence-corrected chi connectivity index (χ2v) is 8.16. The lowest BCUT2D eigenvalue weighted by Gasteiger charge is -2.11. The molecule has 0 unspecified atom stereocenters. The minimum atomic E-state index is -0.0302. The molecule has 0 saturated carbocycles. The Balaban J connectivity index is 1.88. The van der Waals surface area contributed by atoms with Gasteiger partial charge in [-0.1, -0.05) is 62.9 Å². The molecule has 0 aliphatic heterocycles. The van der Waals surface area contributed by atoms with Crippen LogP contribution in [0.25, 0.3) is 10.9 Å². The number of aryl methyl sites for hydroxylation is 1. The van der Waals surface area contributed by atoms with Crippen LogP contribution in [0.2, 0.25) is 0 Å². The van der Waals surface area contributed by atoms with Gasteiger partial charge in [0.15, 0.2) is 0 Å². The van der Waals surface area contributed by atoms with Crippen molar-refractivity contribution in [3.05, 3.63) is 65.7 Å². The maximum atomic E-state index is 12.8. The Bertz CT molecular complexity index is 919. The summed E-state index contributed by atoms with van der Waals surface area (Å²) >= 11 is 1.59. The van der Waals surface area contributed by atoms with E-state index < -0.39 is 0 Å². The molecule has 0 saturated heterocycles.